The van der Waals surface area contributed by atoms with Crippen molar-refractivity contribution in [3.63, 3.8) is 0 Å². The lowest BCUT2D eigenvalue weighted by Crippen LogP contribution is -2.57. The van der Waals surface area contributed by atoms with E-state index in [-0.39, 0.29) is 5.54 Å². The van der Waals surface area contributed by atoms with Crippen molar-refractivity contribution in [3.05, 3.63) is 17.5 Å². The zero-order valence-electron chi connectivity index (χ0n) is 12.9. The monoisotopic (exact) mass is 308 g/mol. The fourth-order valence-electron chi connectivity index (χ4n) is 3.18. The summed E-state index contributed by atoms with van der Waals surface area (Å²) in [7, 11) is 0. The predicted octanol–water partition coefficient (Wildman–Crippen LogP) is 1.71. The maximum Gasteiger partial charge on any atom is 0.223 e. The molecule has 2 saturated heterocycles. The van der Waals surface area contributed by atoms with Gasteiger partial charge in [-0.15, -0.1) is 0 Å². The van der Waals surface area contributed by atoms with Crippen LogP contribution in [0.25, 0.3) is 0 Å². The van der Waals surface area contributed by atoms with Crippen molar-refractivity contribution < 1.29 is 4.74 Å². The van der Waals surface area contributed by atoms with Crippen LogP contribution in [0.3, 0.4) is 0 Å². The SMILES string of the molecule is Cc1cc(C)nc(NC[C@]2(N3CCOCC3)CCSC2)n1. The molecule has 0 bridgehead atoms. The lowest BCUT2D eigenvalue weighted by atomic mass is 9.95. The van der Waals surface area contributed by atoms with Crippen LogP contribution in [-0.4, -0.2) is 64.8 Å². The first-order valence-electron chi connectivity index (χ1n) is 7.65. The highest BCUT2D eigenvalue weighted by Crippen LogP contribution is 2.34. The van der Waals surface area contributed by atoms with Crippen molar-refractivity contribution in [2.45, 2.75) is 25.8 Å². The molecule has 1 aromatic rings. The molecule has 0 aromatic carbocycles. The van der Waals surface area contributed by atoms with Crippen LogP contribution in [0, 0.1) is 13.8 Å². The maximum atomic E-state index is 5.50. The van der Waals surface area contributed by atoms with E-state index in [0.717, 1.165) is 50.2 Å². The Morgan fingerprint density at radius 1 is 1.29 bits per heavy atom. The van der Waals surface area contributed by atoms with E-state index in [4.69, 9.17) is 4.74 Å². The molecule has 3 rings (SSSR count). The number of ether oxygens (including phenoxy) is 1. The number of rotatable bonds is 4. The van der Waals surface area contributed by atoms with E-state index < -0.39 is 0 Å². The molecule has 0 amide bonds. The first kappa shape index (κ1) is 15.1. The fourth-order valence-corrected chi connectivity index (χ4v) is 4.66. The highest BCUT2D eigenvalue weighted by molar-refractivity contribution is 7.99. The number of aromatic nitrogens is 2. The number of hydrogen-bond donors (Lipinski definition) is 1. The third kappa shape index (κ3) is 3.49. The fraction of sp³-hybridized carbons (Fsp3) is 0.733. The Morgan fingerprint density at radius 2 is 2.00 bits per heavy atom. The Bertz CT molecular complexity index is 464. The second-order valence-corrected chi connectivity index (χ2v) is 7.06. The van der Waals surface area contributed by atoms with Gasteiger partial charge in [0, 0.05) is 42.3 Å². The lowest BCUT2D eigenvalue weighted by Gasteiger charge is -2.43. The summed E-state index contributed by atoms with van der Waals surface area (Å²) in [5, 5.41) is 3.49. The zero-order chi connectivity index (χ0) is 14.7. The average molecular weight is 308 g/mol. The standard InChI is InChI=1S/C15H24N4OS/c1-12-9-13(2)18-14(17-12)16-10-15(3-8-21-11-15)19-4-6-20-7-5-19/h9H,3-8,10-11H2,1-2H3,(H,16,17,18)/t15-/m1/s1. The van der Waals surface area contributed by atoms with Gasteiger partial charge in [-0.25, -0.2) is 9.97 Å². The topological polar surface area (TPSA) is 50.3 Å². The number of anilines is 1. The van der Waals surface area contributed by atoms with Gasteiger partial charge in [0.2, 0.25) is 5.95 Å². The smallest absolute Gasteiger partial charge is 0.223 e. The van der Waals surface area contributed by atoms with Gasteiger partial charge in [0.25, 0.3) is 0 Å². The van der Waals surface area contributed by atoms with Gasteiger partial charge in [0.1, 0.15) is 0 Å². The summed E-state index contributed by atoms with van der Waals surface area (Å²) in [6.45, 7) is 8.74. The molecule has 2 aliphatic heterocycles. The van der Waals surface area contributed by atoms with Crippen molar-refractivity contribution in [1.29, 1.82) is 0 Å². The molecule has 3 heterocycles. The number of nitrogens with one attached hydrogen (secondary N) is 1. The van der Waals surface area contributed by atoms with Crippen LogP contribution in [-0.2, 0) is 4.74 Å². The summed E-state index contributed by atoms with van der Waals surface area (Å²) >= 11 is 2.05. The van der Waals surface area contributed by atoms with Crippen LogP contribution in [0.15, 0.2) is 6.07 Å². The molecule has 0 radical (unpaired) electrons. The number of morpholine rings is 1. The molecule has 21 heavy (non-hydrogen) atoms. The third-order valence-corrected chi connectivity index (χ3v) is 5.56. The number of aryl methyl sites for hydroxylation is 2. The zero-order valence-corrected chi connectivity index (χ0v) is 13.7. The maximum absolute atomic E-state index is 5.50. The van der Waals surface area contributed by atoms with Crippen LogP contribution in [0.2, 0.25) is 0 Å². The molecule has 116 valence electrons. The van der Waals surface area contributed by atoms with E-state index in [1.54, 1.807) is 0 Å². The van der Waals surface area contributed by atoms with E-state index in [1.165, 1.54) is 17.9 Å². The Kier molecular flexibility index (Phi) is 4.66. The molecule has 0 unspecified atom stereocenters. The number of hydrogen-bond acceptors (Lipinski definition) is 6. The average Bonchev–Trinajstić information content (AvgIpc) is 2.95. The van der Waals surface area contributed by atoms with Gasteiger partial charge in [-0.3, -0.25) is 4.90 Å². The summed E-state index contributed by atoms with van der Waals surface area (Å²) in [5.74, 6) is 3.19. The van der Waals surface area contributed by atoms with Gasteiger partial charge in [0.05, 0.1) is 13.2 Å². The molecule has 1 aromatic heterocycles. The molecule has 2 aliphatic rings. The van der Waals surface area contributed by atoms with Crippen LogP contribution in [0.1, 0.15) is 17.8 Å². The molecule has 1 atom stereocenters. The van der Waals surface area contributed by atoms with Gasteiger partial charge >= 0.3 is 0 Å². The van der Waals surface area contributed by atoms with Crippen molar-refractivity contribution in [1.82, 2.24) is 14.9 Å². The molecular formula is C15H24N4OS. The van der Waals surface area contributed by atoms with E-state index in [1.807, 2.05) is 19.9 Å². The van der Waals surface area contributed by atoms with Gasteiger partial charge in [-0.2, -0.15) is 11.8 Å². The Balaban J connectivity index is 1.70. The van der Waals surface area contributed by atoms with Crippen molar-refractivity contribution in [2.24, 2.45) is 0 Å². The molecule has 0 spiro atoms. The second-order valence-electron chi connectivity index (χ2n) is 5.95. The van der Waals surface area contributed by atoms with Crippen LogP contribution in [0.5, 0.6) is 0 Å². The first-order chi connectivity index (χ1) is 10.2. The largest absolute Gasteiger partial charge is 0.379 e. The van der Waals surface area contributed by atoms with Gasteiger partial charge in [-0.05, 0) is 32.1 Å². The first-order valence-corrected chi connectivity index (χ1v) is 8.80. The van der Waals surface area contributed by atoms with Crippen LogP contribution in [0.4, 0.5) is 5.95 Å². The highest BCUT2D eigenvalue weighted by Gasteiger charge is 2.40. The number of nitrogens with zero attached hydrogens (tertiary/aromatic N) is 3. The summed E-state index contributed by atoms with van der Waals surface area (Å²) in [4.78, 5) is 11.6. The number of thioether (sulfide) groups is 1. The minimum absolute atomic E-state index is 0.232. The van der Waals surface area contributed by atoms with Crippen LogP contribution < -0.4 is 5.32 Å². The van der Waals surface area contributed by atoms with E-state index in [2.05, 4.69) is 31.9 Å². The van der Waals surface area contributed by atoms with Gasteiger partial charge in [-0.1, -0.05) is 0 Å². The van der Waals surface area contributed by atoms with Gasteiger partial charge in [0.15, 0.2) is 0 Å². The van der Waals surface area contributed by atoms with E-state index in [0.29, 0.717) is 0 Å². The quantitative estimate of drug-likeness (QED) is 0.914. The minimum atomic E-state index is 0.232. The molecule has 0 saturated carbocycles. The summed E-state index contributed by atoms with van der Waals surface area (Å²) in [6, 6.07) is 2.01. The second kappa shape index (κ2) is 6.50. The molecule has 5 nitrogen and oxygen atoms in total. The van der Waals surface area contributed by atoms with Gasteiger partial charge < -0.3 is 10.1 Å². The molecule has 0 aliphatic carbocycles. The van der Waals surface area contributed by atoms with Crippen molar-refractivity contribution in [3.8, 4) is 0 Å². The highest BCUT2D eigenvalue weighted by atomic mass is 32.2. The van der Waals surface area contributed by atoms with Crippen molar-refractivity contribution in [2.75, 3.05) is 49.7 Å². The normalized spacial score (nSPS) is 27.0. The summed E-state index contributed by atoms with van der Waals surface area (Å²) in [6.07, 6.45) is 1.23. The molecule has 6 heteroatoms. The summed E-state index contributed by atoms with van der Waals surface area (Å²) < 4.78 is 5.50. The lowest BCUT2D eigenvalue weighted by molar-refractivity contribution is -0.00925. The van der Waals surface area contributed by atoms with E-state index in [9.17, 15) is 0 Å². The summed E-state index contributed by atoms with van der Waals surface area (Å²) in [5.41, 5.74) is 2.27. The van der Waals surface area contributed by atoms with E-state index >= 15 is 0 Å². The third-order valence-electron chi connectivity index (χ3n) is 4.32. The van der Waals surface area contributed by atoms with Crippen LogP contribution >= 0.6 is 11.8 Å². The Morgan fingerprint density at radius 3 is 2.62 bits per heavy atom. The Hall–Kier alpha value is -0.850. The van der Waals surface area contributed by atoms with Crippen molar-refractivity contribution >= 4 is 17.7 Å². The molecule has 1 N–H and O–H groups in total. The predicted molar refractivity (Wildman–Crippen MR) is 87.1 cm³/mol. The minimum Gasteiger partial charge on any atom is -0.379 e. The molecular weight excluding hydrogens is 284 g/mol. The molecule has 2 fully saturated rings. The Labute approximate surface area is 130 Å².